The van der Waals surface area contributed by atoms with Gasteiger partial charge in [-0.1, -0.05) is 36.6 Å². The van der Waals surface area contributed by atoms with Crippen molar-refractivity contribution in [3.05, 3.63) is 50.9 Å². The molecule has 1 fully saturated rings. The topological polar surface area (TPSA) is 55.4 Å². The summed E-state index contributed by atoms with van der Waals surface area (Å²) < 4.78 is 4.90. The number of esters is 1. The second-order valence-electron chi connectivity index (χ2n) is 6.73. The minimum Gasteiger partial charge on any atom is -0.465 e. The number of carbonyl (C=O) groups is 2. The number of anilines is 1. The van der Waals surface area contributed by atoms with Gasteiger partial charge in [-0.25, -0.2) is 4.79 Å². The van der Waals surface area contributed by atoms with Crippen molar-refractivity contribution in [3.8, 4) is 0 Å². The van der Waals surface area contributed by atoms with Gasteiger partial charge in [-0.2, -0.15) is 0 Å². The van der Waals surface area contributed by atoms with Crippen molar-refractivity contribution in [3.63, 3.8) is 0 Å². The van der Waals surface area contributed by atoms with Crippen LogP contribution in [-0.2, 0) is 14.9 Å². The van der Waals surface area contributed by atoms with Crippen LogP contribution in [0.4, 0.5) is 5.00 Å². The van der Waals surface area contributed by atoms with Gasteiger partial charge >= 0.3 is 5.97 Å². The number of aryl methyl sites for hydroxylation is 1. The number of hydrogen-bond donors (Lipinski definition) is 1. The van der Waals surface area contributed by atoms with Gasteiger partial charge in [-0.3, -0.25) is 4.79 Å². The smallest absolute Gasteiger partial charge is 0.341 e. The summed E-state index contributed by atoms with van der Waals surface area (Å²) >= 11 is 7.43. The van der Waals surface area contributed by atoms with E-state index in [0.717, 1.165) is 41.7 Å². The Kier molecular flexibility index (Phi) is 5.39. The molecule has 0 spiro atoms. The van der Waals surface area contributed by atoms with Crippen LogP contribution < -0.4 is 5.32 Å². The van der Waals surface area contributed by atoms with Gasteiger partial charge in [0.25, 0.3) is 0 Å². The first kappa shape index (κ1) is 18.9. The molecule has 1 aliphatic rings. The maximum atomic E-state index is 13.3. The van der Waals surface area contributed by atoms with E-state index in [1.165, 1.54) is 18.4 Å². The highest BCUT2D eigenvalue weighted by Crippen LogP contribution is 2.43. The zero-order valence-corrected chi connectivity index (χ0v) is 16.7. The normalized spacial score (nSPS) is 15.7. The Bertz CT molecular complexity index is 835. The number of rotatable bonds is 4. The average Bonchev–Trinajstić information content (AvgIpc) is 3.22. The second kappa shape index (κ2) is 7.41. The predicted octanol–water partition coefficient (Wildman–Crippen LogP) is 5.26. The monoisotopic (exact) mass is 391 g/mol. The Morgan fingerprint density at radius 1 is 1.15 bits per heavy atom. The van der Waals surface area contributed by atoms with Crippen molar-refractivity contribution in [2.45, 2.75) is 44.9 Å². The van der Waals surface area contributed by atoms with Crippen LogP contribution in [0.2, 0.25) is 5.02 Å². The molecule has 0 radical (unpaired) electrons. The zero-order valence-electron chi connectivity index (χ0n) is 15.1. The van der Waals surface area contributed by atoms with Gasteiger partial charge in [0.15, 0.2) is 0 Å². The molecule has 1 saturated carbocycles. The molecule has 6 heteroatoms. The third-order valence-corrected chi connectivity index (χ3v) is 6.67. The Morgan fingerprint density at radius 2 is 1.77 bits per heavy atom. The van der Waals surface area contributed by atoms with Gasteiger partial charge < -0.3 is 10.1 Å². The van der Waals surface area contributed by atoms with E-state index in [4.69, 9.17) is 16.3 Å². The maximum absolute atomic E-state index is 13.3. The van der Waals surface area contributed by atoms with Crippen molar-refractivity contribution in [1.82, 2.24) is 0 Å². The first-order valence-corrected chi connectivity index (χ1v) is 9.84. The molecule has 0 atom stereocenters. The van der Waals surface area contributed by atoms with Crippen LogP contribution in [-0.4, -0.2) is 19.0 Å². The van der Waals surface area contributed by atoms with E-state index in [-0.39, 0.29) is 5.91 Å². The number of benzene rings is 1. The van der Waals surface area contributed by atoms with Crippen LogP contribution in [0.25, 0.3) is 0 Å². The van der Waals surface area contributed by atoms with Gasteiger partial charge in [0, 0.05) is 9.90 Å². The van der Waals surface area contributed by atoms with E-state index in [1.807, 2.05) is 38.1 Å². The van der Waals surface area contributed by atoms with Crippen molar-refractivity contribution >= 4 is 39.8 Å². The van der Waals surface area contributed by atoms with Gasteiger partial charge in [-0.05, 0) is 49.9 Å². The lowest BCUT2D eigenvalue weighted by Crippen LogP contribution is -2.38. The van der Waals surface area contributed by atoms with Gasteiger partial charge in [0.2, 0.25) is 5.91 Å². The molecule has 1 aromatic carbocycles. The molecule has 2 aromatic rings. The number of hydrogen-bond acceptors (Lipinski definition) is 4. The van der Waals surface area contributed by atoms with E-state index in [9.17, 15) is 9.59 Å². The Balaban J connectivity index is 1.97. The summed E-state index contributed by atoms with van der Waals surface area (Å²) in [6.45, 7) is 3.81. The van der Waals surface area contributed by atoms with Crippen molar-refractivity contribution in [2.75, 3.05) is 12.4 Å². The molecule has 1 N–H and O–H groups in total. The fourth-order valence-electron chi connectivity index (χ4n) is 3.68. The summed E-state index contributed by atoms with van der Waals surface area (Å²) in [5.41, 5.74) is 1.70. The largest absolute Gasteiger partial charge is 0.465 e. The molecule has 1 heterocycles. The molecule has 0 aliphatic heterocycles. The molecule has 0 unspecified atom stereocenters. The van der Waals surface area contributed by atoms with Crippen LogP contribution >= 0.6 is 22.9 Å². The van der Waals surface area contributed by atoms with Gasteiger partial charge in [-0.15, -0.1) is 11.3 Å². The van der Waals surface area contributed by atoms with E-state index >= 15 is 0 Å². The summed E-state index contributed by atoms with van der Waals surface area (Å²) in [4.78, 5) is 26.5. The SMILES string of the molecule is COC(=O)c1c(NC(=O)C2(c3ccc(Cl)cc3)CCCC2)sc(C)c1C. The van der Waals surface area contributed by atoms with Crippen LogP contribution in [0.3, 0.4) is 0 Å². The van der Waals surface area contributed by atoms with Crippen molar-refractivity contribution in [2.24, 2.45) is 0 Å². The number of carbonyl (C=O) groups excluding carboxylic acids is 2. The molecule has 1 aromatic heterocycles. The summed E-state index contributed by atoms with van der Waals surface area (Å²) in [6.07, 6.45) is 3.58. The van der Waals surface area contributed by atoms with Crippen LogP contribution in [0, 0.1) is 13.8 Å². The lowest BCUT2D eigenvalue weighted by Gasteiger charge is -2.28. The summed E-state index contributed by atoms with van der Waals surface area (Å²) in [7, 11) is 1.35. The number of nitrogens with one attached hydrogen (secondary N) is 1. The quantitative estimate of drug-likeness (QED) is 0.723. The van der Waals surface area contributed by atoms with Crippen LogP contribution in [0.1, 0.15) is 52.0 Å². The number of amides is 1. The zero-order chi connectivity index (χ0) is 18.9. The molecular formula is C20H22ClNO3S. The summed E-state index contributed by atoms with van der Waals surface area (Å²) in [5, 5.41) is 4.25. The fourth-order valence-corrected chi connectivity index (χ4v) is 4.85. The minimum absolute atomic E-state index is 0.0660. The number of ether oxygens (including phenoxy) is 1. The van der Waals surface area contributed by atoms with Gasteiger partial charge in [0.05, 0.1) is 18.1 Å². The third kappa shape index (κ3) is 3.26. The van der Waals surface area contributed by atoms with Crippen LogP contribution in [0.5, 0.6) is 0 Å². The number of methoxy groups -OCH3 is 1. The molecule has 138 valence electrons. The number of halogens is 1. The van der Waals surface area contributed by atoms with Crippen molar-refractivity contribution < 1.29 is 14.3 Å². The minimum atomic E-state index is -0.580. The molecule has 4 nitrogen and oxygen atoms in total. The molecule has 0 bridgehead atoms. The Labute approximate surface area is 162 Å². The molecule has 1 amide bonds. The van der Waals surface area contributed by atoms with E-state index < -0.39 is 11.4 Å². The molecular weight excluding hydrogens is 370 g/mol. The highest BCUT2D eigenvalue weighted by Gasteiger charge is 2.43. The Hall–Kier alpha value is -1.85. The van der Waals surface area contributed by atoms with Crippen LogP contribution in [0.15, 0.2) is 24.3 Å². The Morgan fingerprint density at radius 3 is 2.35 bits per heavy atom. The lowest BCUT2D eigenvalue weighted by atomic mass is 9.78. The first-order valence-electron chi connectivity index (χ1n) is 8.65. The second-order valence-corrected chi connectivity index (χ2v) is 8.39. The first-order chi connectivity index (χ1) is 12.4. The molecule has 3 rings (SSSR count). The summed E-state index contributed by atoms with van der Waals surface area (Å²) in [5.74, 6) is -0.488. The highest BCUT2D eigenvalue weighted by molar-refractivity contribution is 7.16. The molecule has 26 heavy (non-hydrogen) atoms. The molecule has 0 saturated heterocycles. The van der Waals surface area contributed by atoms with Crippen molar-refractivity contribution in [1.29, 1.82) is 0 Å². The van der Waals surface area contributed by atoms with Gasteiger partial charge in [0.1, 0.15) is 5.00 Å². The molecule has 1 aliphatic carbocycles. The van der Waals surface area contributed by atoms with E-state index in [2.05, 4.69) is 5.32 Å². The highest BCUT2D eigenvalue weighted by atomic mass is 35.5. The standard InChI is InChI=1S/C20H22ClNO3S/c1-12-13(2)26-17(16(12)18(23)25-3)22-19(24)20(10-4-5-11-20)14-6-8-15(21)9-7-14/h6-9H,4-5,10-11H2,1-3H3,(H,22,24). The third-order valence-electron chi connectivity index (χ3n) is 5.29. The maximum Gasteiger partial charge on any atom is 0.341 e. The van der Waals surface area contributed by atoms with E-state index in [1.54, 1.807) is 0 Å². The fraction of sp³-hybridized carbons (Fsp3) is 0.400. The predicted molar refractivity (Wildman–Crippen MR) is 105 cm³/mol. The number of thiophene rings is 1. The average molecular weight is 392 g/mol. The van der Waals surface area contributed by atoms with E-state index in [0.29, 0.717) is 15.6 Å². The summed E-state index contributed by atoms with van der Waals surface area (Å²) in [6, 6.07) is 7.51. The lowest BCUT2D eigenvalue weighted by molar-refractivity contribution is -0.121.